The van der Waals surface area contributed by atoms with Crippen molar-refractivity contribution >= 4 is 11.5 Å². The number of fused-ring (bicyclic) bond motifs is 1. The third-order valence-corrected chi connectivity index (χ3v) is 4.14. The number of likely N-dealkylation sites (tertiary alicyclic amines) is 1. The van der Waals surface area contributed by atoms with E-state index in [1.807, 2.05) is 16.7 Å². The Balaban J connectivity index is 1.84. The molecule has 1 N–H and O–H groups in total. The average Bonchev–Trinajstić information content (AvgIpc) is 3.06. The zero-order chi connectivity index (χ0) is 14.1. The second-order valence-electron chi connectivity index (χ2n) is 5.44. The number of carbonyl (C=O) groups is 1. The summed E-state index contributed by atoms with van der Waals surface area (Å²) >= 11 is 0. The third kappa shape index (κ3) is 2.41. The molecule has 1 atom stereocenters. The van der Waals surface area contributed by atoms with E-state index in [0.717, 1.165) is 37.4 Å². The molecule has 0 aliphatic carbocycles. The van der Waals surface area contributed by atoms with Gasteiger partial charge in [0.2, 0.25) is 0 Å². The molecule has 2 aromatic rings. The molecule has 0 saturated carbocycles. The Kier molecular flexibility index (Phi) is 3.44. The van der Waals surface area contributed by atoms with Crippen LogP contribution in [0, 0.1) is 5.92 Å². The molecule has 1 aliphatic heterocycles. The van der Waals surface area contributed by atoms with Crippen LogP contribution in [0.2, 0.25) is 0 Å². The predicted octanol–water partition coefficient (Wildman–Crippen LogP) is 1.92. The van der Waals surface area contributed by atoms with Gasteiger partial charge in [0, 0.05) is 19.2 Å². The Morgan fingerprint density at radius 1 is 1.50 bits per heavy atom. The van der Waals surface area contributed by atoms with Crippen molar-refractivity contribution in [2.45, 2.75) is 19.8 Å². The van der Waals surface area contributed by atoms with Gasteiger partial charge in [-0.05, 0) is 37.6 Å². The number of hydrogen-bond donors (Lipinski definition) is 1. The monoisotopic (exact) mass is 273 g/mol. The number of carboxylic acids is 1. The van der Waals surface area contributed by atoms with E-state index in [4.69, 9.17) is 5.11 Å². The van der Waals surface area contributed by atoms with Crippen LogP contribution in [0.25, 0.3) is 5.52 Å². The van der Waals surface area contributed by atoms with Crippen molar-refractivity contribution < 1.29 is 9.90 Å². The van der Waals surface area contributed by atoms with Crippen molar-refractivity contribution in [3.8, 4) is 0 Å². The van der Waals surface area contributed by atoms with Crippen molar-refractivity contribution in [2.24, 2.45) is 5.92 Å². The van der Waals surface area contributed by atoms with Crippen LogP contribution in [0.5, 0.6) is 0 Å². The molecule has 2 aromatic heterocycles. The lowest BCUT2D eigenvalue weighted by Gasteiger charge is -2.12. The quantitative estimate of drug-likeness (QED) is 0.924. The van der Waals surface area contributed by atoms with Crippen molar-refractivity contribution in [2.75, 3.05) is 19.6 Å². The van der Waals surface area contributed by atoms with E-state index < -0.39 is 5.97 Å². The summed E-state index contributed by atoms with van der Waals surface area (Å²) < 4.78 is 1.91. The molecule has 1 aliphatic rings. The first kappa shape index (κ1) is 13.1. The number of nitrogens with zero attached hydrogens (tertiary/aromatic N) is 3. The van der Waals surface area contributed by atoms with Gasteiger partial charge < -0.3 is 14.4 Å². The van der Waals surface area contributed by atoms with Gasteiger partial charge in [0.1, 0.15) is 5.82 Å². The Bertz CT molecular complexity index is 635. The fourth-order valence-corrected chi connectivity index (χ4v) is 2.95. The number of aromatic carboxylic acids is 1. The van der Waals surface area contributed by atoms with Crippen LogP contribution in [-0.4, -0.2) is 45.0 Å². The molecule has 1 saturated heterocycles. The molecule has 0 radical (unpaired) electrons. The zero-order valence-corrected chi connectivity index (χ0v) is 11.6. The lowest BCUT2D eigenvalue weighted by molar-refractivity contribution is 0.0696. The number of aromatic nitrogens is 2. The van der Waals surface area contributed by atoms with Crippen molar-refractivity contribution in [3.05, 3.63) is 35.9 Å². The lowest BCUT2D eigenvalue weighted by atomic mass is 10.0. The molecule has 1 fully saturated rings. The molecule has 106 valence electrons. The predicted molar refractivity (Wildman–Crippen MR) is 76.1 cm³/mol. The topological polar surface area (TPSA) is 57.8 Å². The van der Waals surface area contributed by atoms with Crippen LogP contribution < -0.4 is 0 Å². The highest BCUT2D eigenvalue weighted by atomic mass is 16.4. The van der Waals surface area contributed by atoms with Gasteiger partial charge in [0.05, 0.1) is 17.3 Å². The molecule has 0 amide bonds. The van der Waals surface area contributed by atoms with E-state index in [1.54, 1.807) is 12.3 Å². The highest BCUT2D eigenvalue weighted by Gasteiger charge is 2.22. The maximum Gasteiger partial charge on any atom is 0.337 e. The number of imidazole rings is 1. The zero-order valence-electron chi connectivity index (χ0n) is 11.6. The van der Waals surface area contributed by atoms with Crippen LogP contribution >= 0.6 is 0 Å². The van der Waals surface area contributed by atoms with E-state index in [1.165, 1.54) is 6.42 Å². The van der Waals surface area contributed by atoms with Gasteiger partial charge in [-0.25, -0.2) is 9.78 Å². The van der Waals surface area contributed by atoms with Crippen LogP contribution in [0.15, 0.2) is 24.5 Å². The summed E-state index contributed by atoms with van der Waals surface area (Å²) in [5.41, 5.74) is 1.26. The standard InChI is InChI=1S/C15H19N3O2/c1-2-17-6-5-11(9-17)7-14-16-8-13-4-3-12(15(19)20)10-18(13)14/h3-4,8,10-11H,2,5-7,9H2,1H3,(H,19,20). The van der Waals surface area contributed by atoms with Gasteiger partial charge in [0.25, 0.3) is 0 Å². The lowest BCUT2D eigenvalue weighted by Crippen LogP contribution is -2.20. The van der Waals surface area contributed by atoms with Crippen LogP contribution in [0.3, 0.4) is 0 Å². The summed E-state index contributed by atoms with van der Waals surface area (Å²) in [5, 5.41) is 9.08. The van der Waals surface area contributed by atoms with Crippen LogP contribution in [-0.2, 0) is 6.42 Å². The molecule has 3 heterocycles. The molecule has 3 rings (SSSR count). The molecule has 0 bridgehead atoms. The first-order valence-electron chi connectivity index (χ1n) is 7.09. The van der Waals surface area contributed by atoms with Gasteiger partial charge in [-0.15, -0.1) is 0 Å². The first-order chi connectivity index (χ1) is 9.67. The highest BCUT2D eigenvalue weighted by Crippen LogP contribution is 2.21. The Labute approximate surface area is 117 Å². The van der Waals surface area contributed by atoms with Gasteiger partial charge in [-0.2, -0.15) is 0 Å². The van der Waals surface area contributed by atoms with Gasteiger partial charge in [-0.1, -0.05) is 6.92 Å². The molecule has 5 heteroatoms. The van der Waals surface area contributed by atoms with Crippen molar-refractivity contribution in [3.63, 3.8) is 0 Å². The molecular weight excluding hydrogens is 254 g/mol. The molecular formula is C15H19N3O2. The van der Waals surface area contributed by atoms with Crippen molar-refractivity contribution in [1.29, 1.82) is 0 Å². The minimum Gasteiger partial charge on any atom is -0.478 e. The van der Waals surface area contributed by atoms with E-state index in [2.05, 4.69) is 16.8 Å². The Hall–Kier alpha value is -1.88. The third-order valence-electron chi connectivity index (χ3n) is 4.14. The van der Waals surface area contributed by atoms with E-state index >= 15 is 0 Å². The maximum absolute atomic E-state index is 11.1. The first-order valence-corrected chi connectivity index (χ1v) is 7.09. The van der Waals surface area contributed by atoms with Gasteiger partial charge >= 0.3 is 5.97 Å². The molecule has 20 heavy (non-hydrogen) atoms. The minimum atomic E-state index is -0.899. The summed E-state index contributed by atoms with van der Waals surface area (Å²) in [4.78, 5) is 18.0. The fourth-order valence-electron chi connectivity index (χ4n) is 2.95. The van der Waals surface area contributed by atoms with Crippen LogP contribution in [0.4, 0.5) is 0 Å². The Morgan fingerprint density at radius 2 is 2.35 bits per heavy atom. The fraction of sp³-hybridized carbons (Fsp3) is 0.467. The van der Waals surface area contributed by atoms with Crippen molar-refractivity contribution in [1.82, 2.24) is 14.3 Å². The van der Waals surface area contributed by atoms with Gasteiger partial charge in [0.15, 0.2) is 0 Å². The number of rotatable bonds is 4. The summed E-state index contributed by atoms with van der Waals surface area (Å²) in [5.74, 6) is 0.685. The summed E-state index contributed by atoms with van der Waals surface area (Å²) in [6.07, 6.45) is 5.59. The molecule has 5 nitrogen and oxygen atoms in total. The maximum atomic E-state index is 11.1. The Morgan fingerprint density at radius 3 is 3.05 bits per heavy atom. The van der Waals surface area contributed by atoms with Gasteiger partial charge in [-0.3, -0.25) is 0 Å². The van der Waals surface area contributed by atoms with E-state index in [9.17, 15) is 4.79 Å². The second kappa shape index (κ2) is 5.25. The van der Waals surface area contributed by atoms with E-state index in [0.29, 0.717) is 11.5 Å². The second-order valence-corrected chi connectivity index (χ2v) is 5.44. The normalized spacial score (nSPS) is 19.8. The number of hydrogen-bond acceptors (Lipinski definition) is 3. The highest BCUT2D eigenvalue weighted by molar-refractivity contribution is 5.87. The summed E-state index contributed by atoms with van der Waals surface area (Å²) in [6.45, 7) is 5.56. The number of pyridine rings is 1. The van der Waals surface area contributed by atoms with E-state index in [-0.39, 0.29) is 0 Å². The molecule has 0 spiro atoms. The summed E-state index contributed by atoms with van der Waals surface area (Å²) in [6, 6.07) is 3.43. The van der Waals surface area contributed by atoms with Crippen LogP contribution in [0.1, 0.15) is 29.5 Å². The SMILES string of the molecule is CCN1CCC(Cc2ncc3ccc(C(=O)O)cn23)C1. The smallest absolute Gasteiger partial charge is 0.337 e. The number of carboxylic acid groups (broad SMARTS) is 1. The molecule has 0 aromatic carbocycles. The summed E-state index contributed by atoms with van der Waals surface area (Å²) in [7, 11) is 0. The average molecular weight is 273 g/mol. The minimum absolute atomic E-state index is 0.304. The molecule has 1 unspecified atom stereocenters. The largest absolute Gasteiger partial charge is 0.478 e.